The Labute approximate surface area is 172 Å². The van der Waals surface area contributed by atoms with Crippen molar-refractivity contribution < 1.29 is 18.3 Å². The van der Waals surface area contributed by atoms with Crippen molar-refractivity contribution in [1.29, 1.82) is 0 Å². The molecule has 4 aromatic rings. The molecule has 0 unspecified atom stereocenters. The summed E-state index contributed by atoms with van der Waals surface area (Å²) in [5, 5.41) is 7.77. The summed E-state index contributed by atoms with van der Waals surface area (Å²) in [5.41, 5.74) is 2.02. The van der Waals surface area contributed by atoms with Crippen molar-refractivity contribution in [3.63, 3.8) is 0 Å². The molecule has 0 saturated carbocycles. The lowest BCUT2D eigenvalue weighted by atomic mass is 10.1. The van der Waals surface area contributed by atoms with E-state index < -0.39 is 6.61 Å². The number of ether oxygens (including phenoxy) is 1. The van der Waals surface area contributed by atoms with Crippen molar-refractivity contribution in [2.24, 2.45) is 0 Å². The monoisotopic (exact) mass is 434 g/mol. The number of nitrogens with one attached hydrogen (secondary N) is 1. The molecule has 4 rings (SSSR count). The number of fused-ring (bicyclic) bond motifs is 1. The highest BCUT2D eigenvalue weighted by Crippen LogP contribution is 2.30. The predicted molar refractivity (Wildman–Crippen MR) is 107 cm³/mol. The first kappa shape index (κ1) is 19.3. The van der Waals surface area contributed by atoms with Crippen LogP contribution >= 0.6 is 22.9 Å². The summed E-state index contributed by atoms with van der Waals surface area (Å²) in [6.07, 6.45) is 3.27. The van der Waals surface area contributed by atoms with Crippen molar-refractivity contribution in [3.05, 3.63) is 71.0 Å². The summed E-state index contributed by atoms with van der Waals surface area (Å²) in [6.45, 7) is -2.36. The number of hydrogen-bond donors (Lipinski definition) is 1. The molecule has 29 heavy (non-hydrogen) atoms. The van der Waals surface area contributed by atoms with E-state index in [1.807, 2.05) is 12.1 Å². The zero-order valence-corrected chi connectivity index (χ0v) is 16.3. The number of carbonyl (C=O) groups excluding carboxylic acids is 1. The molecule has 2 aromatic carbocycles. The minimum absolute atomic E-state index is 0.0445. The predicted octanol–water partition coefficient (Wildman–Crippen LogP) is 5.05. The van der Waals surface area contributed by atoms with Gasteiger partial charge in [-0.05, 0) is 35.9 Å². The molecule has 0 aliphatic heterocycles. The van der Waals surface area contributed by atoms with Gasteiger partial charge in [0.05, 0.1) is 28.0 Å². The quantitative estimate of drug-likeness (QED) is 0.461. The van der Waals surface area contributed by atoms with Crippen LogP contribution in [0.4, 0.5) is 13.9 Å². The molecular weight excluding hydrogens is 422 g/mol. The lowest BCUT2D eigenvalue weighted by Crippen LogP contribution is -2.11. The number of amides is 1. The van der Waals surface area contributed by atoms with Gasteiger partial charge in [0, 0.05) is 11.8 Å². The van der Waals surface area contributed by atoms with Gasteiger partial charge in [-0.2, -0.15) is 13.9 Å². The normalized spacial score (nSPS) is 11.2. The SMILES string of the molecule is O=C(Nc1nc2ccc(OC(F)F)cc2s1)c1ccc(Cn2cc(Cl)cn2)cc1. The van der Waals surface area contributed by atoms with Gasteiger partial charge in [0.25, 0.3) is 5.91 Å². The number of rotatable bonds is 6. The Morgan fingerprint density at radius 1 is 1.24 bits per heavy atom. The second-order valence-corrected chi connectivity index (χ2v) is 7.50. The highest BCUT2D eigenvalue weighted by molar-refractivity contribution is 7.22. The van der Waals surface area contributed by atoms with E-state index in [0.29, 0.717) is 32.5 Å². The first-order valence-corrected chi connectivity index (χ1v) is 9.59. The molecule has 0 aliphatic carbocycles. The third-order valence-corrected chi connectivity index (χ3v) is 5.10. The van der Waals surface area contributed by atoms with Crippen LogP contribution in [0.15, 0.2) is 54.9 Å². The number of alkyl halides is 2. The average Bonchev–Trinajstić information content (AvgIpc) is 3.26. The topological polar surface area (TPSA) is 69.0 Å². The first-order valence-electron chi connectivity index (χ1n) is 8.40. The van der Waals surface area contributed by atoms with Gasteiger partial charge in [-0.3, -0.25) is 14.8 Å². The number of thiazole rings is 1. The number of halogens is 3. The zero-order chi connectivity index (χ0) is 20.4. The standard InChI is InChI=1S/C19H13ClF2N4O2S/c20-13-8-23-26(10-13)9-11-1-3-12(4-2-11)17(27)25-19-24-15-6-5-14(28-18(21)22)7-16(15)29-19/h1-8,10,18H,9H2,(H,24,25,27). The van der Waals surface area contributed by atoms with Crippen LogP contribution in [0.5, 0.6) is 5.75 Å². The van der Waals surface area contributed by atoms with E-state index in [1.54, 1.807) is 35.3 Å². The molecule has 0 saturated heterocycles. The number of benzene rings is 2. The van der Waals surface area contributed by atoms with Crippen LogP contribution < -0.4 is 10.1 Å². The van der Waals surface area contributed by atoms with Crippen LogP contribution in [0.2, 0.25) is 5.02 Å². The van der Waals surface area contributed by atoms with Crippen molar-refractivity contribution >= 4 is 44.2 Å². The van der Waals surface area contributed by atoms with Crippen LogP contribution in [0.3, 0.4) is 0 Å². The highest BCUT2D eigenvalue weighted by atomic mass is 35.5. The van der Waals surface area contributed by atoms with Gasteiger partial charge in [0.2, 0.25) is 0 Å². The molecule has 2 aromatic heterocycles. The molecule has 1 N–H and O–H groups in total. The lowest BCUT2D eigenvalue weighted by molar-refractivity contribution is -0.0497. The van der Waals surface area contributed by atoms with Gasteiger partial charge in [-0.1, -0.05) is 35.1 Å². The molecule has 0 atom stereocenters. The fourth-order valence-corrected chi connectivity index (χ4v) is 3.72. The second-order valence-electron chi connectivity index (χ2n) is 6.03. The lowest BCUT2D eigenvalue weighted by Gasteiger charge is -2.04. The van der Waals surface area contributed by atoms with Gasteiger partial charge in [0.1, 0.15) is 5.75 Å². The highest BCUT2D eigenvalue weighted by Gasteiger charge is 2.12. The Kier molecular flexibility index (Phi) is 5.41. The van der Waals surface area contributed by atoms with E-state index >= 15 is 0 Å². The smallest absolute Gasteiger partial charge is 0.387 e. The number of nitrogens with zero attached hydrogens (tertiary/aromatic N) is 3. The summed E-state index contributed by atoms with van der Waals surface area (Å²) in [4.78, 5) is 16.8. The summed E-state index contributed by atoms with van der Waals surface area (Å²) >= 11 is 7.03. The van der Waals surface area contributed by atoms with Gasteiger partial charge < -0.3 is 4.74 Å². The Morgan fingerprint density at radius 3 is 2.72 bits per heavy atom. The number of hydrogen-bond acceptors (Lipinski definition) is 5. The molecule has 0 aliphatic rings. The second kappa shape index (κ2) is 8.14. The third kappa shape index (κ3) is 4.69. The molecule has 148 valence electrons. The molecular formula is C19H13ClF2N4O2S. The molecule has 6 nitrogen and oxygen atoms in total. The molecule has 0 spiro atoms. The number of carbonyl (C=O) groups is 1. The summed E-state index contributed by atoms with van der Waals surface area (Å²) < 4.78 is 31.4. The van der Waals surface area contributed by atoms with Crippen molar-refractivity contribution in [3.8, 4) is 5.75 Å². The van der Waals surface area contributed by atoms with Crippen molar-refractivity contribution in [2.45, 2.75) is 13.2 Å². The molecule has 0 fully saturated rings. The van der Waals surface area contributed by atoms with E-state index in [0.717, 1.165) is 5.56 Å². The van der Waals surface area contributed by atoms with Gasteiger partial charge in [-0.25, -0.2) is 4.98 Å². The molecule has 2 heterocycles. The first-order chi connectivity index (χ1) is 14.0. The maximum atomic E-state index is 12.5. The Morgan fingerprint density at radius 2 is 2.03 bits per heavy atom. The fraction of sp³-hybridized carbons (Fsp3) is 0.105. The Hall–Kier alpha value is -3.04. The van der Waals surface area contributed by atoms with Gasteiger partial charge >= 0.3 is 6.61 Å². The molecule has 0 radical (unpaired) electrons. The van der Waals surface area contributed by atoms with Gasteiger partial charge in [-0.15, -0.1) is 0 Å². The minimum atomic E-state index is -2.90. The molecule has 1 amide bonds. The third-order valence-electron chi connectivity index (χ3n) is 3.97. The van der Waals surface area contributed by atoms with Crippen LogP contribution in [0.25, 0.3) is 10.2 Å². The van der Waals surface area contributed by atoms with Crippen LogP contribution in [-0.4, -0.2) is 27.3 Å². The zero-order valence-electron chi connectivity index (χ0n) is 14.7. The summed E-state index contributed by atoms with van der Waals surface area (Å²) in [6, 6.07) is 11.5. The number of aromatic nitrogens is 3. The van der Waals surface area contributed by atoms with E-state index in [-0.39, 0.29) is 11.7 Å². The van der Waals surface area contributed by atoms with Gasteiger partial charge in [0.15, 0.2) is 5.13 Å². The van der Waals surface area contributed by atoms with Crippen LogP contribution in [-0.2, 0) is 6.54 Å². The van der Waals surface area contributed by atoms with E-state index in [1.165, 1.54) is 23.5 Å². The van der Waals surface area contributed by atoms with E-state index in [9.17, 15) is 13.6 Å². The van der Waals surface area contributed by atoms with Crippen LogP contribution in [0.1, 0.15) is 15.9 Å². The maximum absolute atomic E-state index is 12.5. The van der Waals surface area contributed by atoms with Crippen molar-refractivity contribution in [2.75, 3.05) is 5.32 Å². The largest absolute Gasteiger partial charge is 0.435 e. The average molecular weight is 435 g/mol. The summed E-state index contributed by atoms with van der Waals surface area (Å²) in [7, 11) is 0. The molecule has 0 bridgehead atoms. The Balaban J connectivity index is 1.44. The van der Waals surface area contributed by atoms with E-state index in [2.05, 4.69) is 20.1 Å². The minimum Gasteiger partial charge on any atom is -0.435 e. The number of anilines is 1. The summed E-state index contributed by atoms with van der Waals surface area (Å²) in [5.74, 6) is -0.273. The maximum Gasteiger partial charge on any atom is 0.387 e. The molecule has 10 heteroatoms. The Bertz CT molecular complexity index is 1160. The van der Waals surface area contributed by atoms with Crippen LogP contribution in [0, 0.1) is 0 Å². The van der Waals surface area contributed by atoms with Crippen molar-refractivity contribution in [1.82, 2.24) is 14.8 Å². The fourth-order valence-electron chi connectivity index (χ4n) is 2.68. The van der Waals surface area contributed by atoms with E-state index in [4.69, 9.17) is 11.6 Å².